The van der Waals surface area contributed by atoms with E-state index in [2.05, 4.69) is 24.8 Å². The smallest absolute Gasteiger partial charge is 0.185 e. The molecular formula is C11H14N6S. The van der Waals surface area contributed by atoms with Crippen LogP contribution in [0.15, 0.2) is 24.1 Å². The second-order valence-corrected chi connectivity index (χ2v) is 4.96. The zero-order valence-electron chi connectivity index (χ0n) is 9.86. The van der Waals surface area contributed by atoms with Crippen molar-refractivity contribution in [3.63, 3.8) is 0 Å². The molecule has 3 heterocycles. The van der Waals surface area contributed by atoms with Crippen molar-refractivity contribution in [3.05, 3.63) is 24.1 Å². The summed E-state index contributed by atoms with van der Waals surface area (Å²) in [5, 5.41) is 3.09. The number of rotatable bonds is 2. The first-order valence-corrected chi connectivity index (χ1v) is 6.67. The van der Waals surface area contributed by atoms with E-state index in [1.165, 1.54) is 0 Å². The fourth-order valence-corrected chi connectivity index (χ4v) is 2.78. The van der Waals surface area contributed by atoms with Crippen LogP contribution in [-0.2, 0) is 0 Å². The number of nitrogens with zero attached hydrogens (tertiary/aromatic N) is 5. The Bertz CT molecular complexity index is 506. The average Bonchev–Trinajstić information content (AvgIpc) is 2.94. The van der Waals surface area contributed by atoms with Gasteiger partial charge in [0, 0.05) is 37.8 Å². The minimum absolute atomic E-state index is 0.639. The van der Waals surface area contributed by atoms with E-state index < -0.39 is 0 Å². The van der Waals surface area contributed by atoms with Crippen molar-refractivity contribution in [2.24, 2.45) is 0 Å². The molecule has 0 saturated carbocycles. The molecule has 0 bridgehead atoms. The van der Waals surface area contributed by atoms with E-state index in [1.54, 1.807) is 23.9 Å². The predicted octanol–water partition coefficient (Wildman–Crippen LogP) is 0.842. The van der Waals surface area contributed by atoms with Crippen molar-refractivity contribution >= 4 is 28.0 Å². The zero-order chi connectivity index (χ0) is 12.4. The molecule has 1 aliphatic heterocycles. The lowest BCUT2D eigenvalue weighted by Crippen LogP contribution is -2.47. The quantitative estimate of drug-likeness (QED) is 0.865. The number of nitrogen functional groups attached to an aromatic ring is 1. The molecule has 0 aliphatic carbocycles. The lowest BCUT2D eigenvalue weighted by molar-refractivity contribution is 0.646. The Morgan fingerprint density at radius 1 is 1.11 bits per heavy atom. The summed E-state index contributed by atoms with van der Waals surface area (Å²) in [4.78, 5) is 17.0. The van der Waals surface area contributed by atoms with Gasteiger partial charge in [0.2, 0.25) is 0 Å². The Labute approximate surface area is 109 Å². The molecule has 2 N–H and O–H groups in total. The maximum atomic E-state index is 5.89. The van der Waals surface area contributed by atoms with Crippen LogP contribution in [0.25, 0.3) is 0 Å². The van der Waals surface area contributed by atoms with Crippen LogP contribution in [0.3, 0.4) is 0 Å². The van der Waals surface area contributed by atoms with Gasteiger partial charge in [-0.15, -0.1) is 11.3 Å². The Hall–Kier alpha value is -1.89. The van der Waals surface area contributed by atoms with Crippen molar-refractivity contribution < 1.29 is 0 Å². The maximum absolute atomic E-state index is 5.89. The second kappa shape index (κ2) is 4.77. The zero-order valence-corrected chi connectivity index (χ0v) is 10.7. The molecule has 1 fully saturated rings. The van der Waals surface area contributed by atoms with E-state index >= 15 is 0 Å². The molecule has 0 unspecified atom stereocenters. The first-order valence-electron chi connectivity index (χ1n) is 5.79. The minimum Gasteiger partial charge on any atom is -0.394 e. The van der Waals surface area contributed by atoms with Crippen molar-refractivity contribution in [2.45, 2.75) is 0 Å². The van der Waals surface area contributed by atoms with E-state index in [0.29, 0.717) is 5.69 Å². The van der Waals surface area contributed by atoms with Crippen LogP contribution in [0.1, 0.15) is 0 Å². The van der Waals surface area contributed by atoms with Gasteiger partial charge in [0.15, 0.2) is 10.9 Å². The Kier molecular flexibility index (Phi) is 2.97. The Morgan fingerprint density at radius 2 is 1.89 bits per heavy atom. The first-order chi connectivity index (χ1) is 8.84. The van der Waals surface area contributed by atoms with Gasteiger partial charge in [-0.1, -0.05) is 0 Å². The SMILES string of the molecule is Nc1cncnc1N1CCN(c2nccs2)CC1. The van der Waals surface area contributed by atoms with Crippen LogP contribution < -0.4 is 15.5 Å². The summed E-state index contributed by atoms with van der Waals surface area (Å²) in [6.45, 7) is 3.69. The molecule has 18 heavy (non-hydrogen) atoms. The van der Waals surface area contributed by atoms with Gasteiger partial charge in [-0.2, -0.15) is 0 Å². The molecule has 0 spiro atoms. The van der Waals surface area contributed by atoms with Crippen molar-refractivity contribution in [2.75, 3.05) is 41.7 Å². The normalized spacial score (nSPS) is 16.0. The molecule has 7 heteroatoms. The molecular weight excluding hydrogens is 248 g/mol. The van der Waals surface area contributed by atoms with Gasteiger partial charge in [-0.25, -0.2) is 15.0 Å². The molecule has 2 aromatic heterocycles. The highest BCUT2D eigenvalue weighted by Gasteiger charge is 2.20. The van der Waals surface area contributed by atoms with Crippen molar-refractivity contribution in [1.29, 1.82) is 0 Å². The molecule has 6 nitrogen and oxygen atoms in total. The van der Waals surface area contributed by atoms with Crippen LogP contribution in [-0.4, -0.2) is 41.1 Å². The largest absolute Gasteiger partial charge is 0.394 e. The molecule has 1 aliphatic rings. The summed E-state index contributed by atoms with van der Waals surface area (Å²) in [6.07, 6.45) is 5.03. The molecule has 94 valence electrons. The van der Waals surface area contributed by atoms with E-state index in [9.17, 15) is 0 Å². The fraction of sp³-hybridized carbons (Fsp3) is 0.364. The van der Waals surface area contributed by atoms with Crippen molar-refractivity contribution in [1.82, 2.24) is 15.0 Å². The third-order valence-electron chi connectivity index (χ3n) is 2.99. The summed E-state index contributed by atoms with van der Waals surface area (Å²) in [6, 6.07) is 0. The molecule has 0 amide bonds. The average molecular weight is 262 g/mol. The van der Waals surface area contributed by atoms with Crippen LogP contribution in [0, 0.1) is 0 Å². The highest BCUT2D eigenvalue weighted by atomic mass is 32.1. The molecule has 2 aromatic rings. The van der Waals surface area contributed by atoms with Crippen LogP contribution >= 0.6 is 11.3 Å². The van der Waals surface area contributed by atoms with E-state index in [1.807, 2.05) is 11.6 Å². The predicted molar refractivity (Wildman–Crippen MR) is 73.0 cm³/mol. The Balaban J connectivity index is 1.69. The minimum atomic E-state index is 0.639. The van der Waals surface area contributed by atoms with Crippen molar-refractivity contribution in [3.8, 4) is 0 Å². The number of hydrogen-bond donors (Lipinski definition) is 1. The van der Waals surface area contributed by atoms with Gasteiger partial charge >= 0.3 is 0 Å². The van der Waals surface area contributed by atoms with Gasteiger partial charge in [0.25, 0.3) is 0 Å². The lowest BCUT2D eigenvalue weighted by Gasteiger charge is -2.35. The third kappa shape index (κ3) is 2.08. The van der Waals surface area contributed by atoms with Gasteiger partial charge in [-0.3, -0.25) is 0 Å². The number of hydrogen-bond acceptors (Lipinski definition) is 7. The number of thiazole rings is 1. The van der Waals surface area contributed by atoms with Crippen LogP contribution in [0.5, 0.6) is 0 Å². The van der Waals surface area contributed by atoms with E-state index in [4.69, 9.17) is 5.73 Å². The summed E-state index contributed by atoms with van der Waals surface area (Å²) < 4.78 is 0. The molecule has 3 rings (SSSR count). The van der Waals surface area contributed by atoms with Gasteiger partial charge < -0.3 is 15.5 Å². The Morgan fingerprint density at radius 3 is 2.56 bits per heavy atom. The van der Waals surface area contributed by atoms with E-state index in [0.717, 1.165) is 37.1 Å². The number of anilines is 3. The van der Waals surface area contributed by atoms with Gasteiger partial charge in [-0.05, 0) is 0 Å². The number of nitrogens with two attached hydrogens (primary N) is 1. The molecule has 1 saturated heterocycles. The molecule has 0 radical (unpaired) electrons. The highest BCUT2D eigenvalue weighted by Crippen LogP contribution is 2.23. The lowest BCUT2D eigenvalue weighted by atomic mass is 10.3. The summed E-state index contributed by atoms with van der Waals surface area (Å²) in [5.74, 6) is 0.837. The number of aromatic nitrogens is 3. The number of piperazine rings is 1. The highest BCUT2D eigenvalue weighted by molar-refractivity contribution is 7.13. The molecule has 0 atom stereocenters. The van der Waals surface area contributed by atoms with Crippen LogP contribution in [0.2, 0.25) is 0 Å². The standard InChI is InChI=1S/C11H14N6S/c12-9-7-13-8-15-10(9)16-2-4-17(5-3-16)11-14-1-6-18-11/h1,6-8H,2-5,12H2. The van der Waals surface area contributed by atoms with Gasteiger partial charge in [0.05, 0.1) is 11.9 Å². The third-order valence-corrected chi connectivity index (χ3v) is 3.82. The summed E-state index contributed by atoms with van der Waals surface area (Å²) >= 11 is 1.68. The summed E-state index contributed by atoms with van der Waals surface area (Å²) in [7, 11) is 0. The topological polar surface area (TPSA) is 71.2 Å². The summed E-state index contributed by atoms with van der Waals surface area (Å²) in [5.41, 5.74) is 6.53. The van der Waals surface area contributed by atoms with E-state index in [-0.39, 0.29) is 0 Å². The molecule has 0 aromatic carbocycles. The first kappa shape index (κ1) is 11.2. The van der Waals surface area contributed by atoms with Gasteiger partial charge in [0.1, 0.15) is 6.33 Å². The maximum Gasteiger partial charge on any atom is 0.185 e. The monoisotopic (exact) mass is 262 g/mol. The van der Waals surface area contributed by atoms with Crippen LogP contribution in [0.4, 0.5) is 16.6 Å². The fourth-order valence-electron chi connectivity index (χ4n) is 2.08. The second-order valence-electron chi connectivity index (χ2n) is 4.09.